The second kappa shape index (κ2) is 8.17. The Morgan fingerprint density at radius 3 is 2.83 bits per heavy atom. The Kier molecular flexibility index (Phi) is 5.72. The molecule has 0 atom stereocenters. The van der Waals surface area contributed by atoms with Gasteiger partial charge in [-0.05, 0) is 31.2 Å². The van der Waals surface area contributed by atoms with E-state index >= 15 is 0 Å². The van der Waals surface area contributed by atoms with Crippen LogP contribution in [-0.2, 0) is 10.5 Å². The van der Waals surface area contributed by atoms with E-state index in [1.165, 1.54) is 4.70 Å². The summed E-state index contributed by atoms with van der Waals surface area (Å²) in [5, 5.41) is 3.95. The van der Waals surface area contributed by atoms with Gasteiger partial charge in [0.1, 0.15) is 10.8 Å². The molecule has 1 amide bonds. The third-order valence-electron chi connectivity index (χ3n) is 3.26. The van der Waals surface area contributed by atoms with Gasteiger partial charge < -0.3 is 10.1 Å². The highest BCUT2D eigenvalue weighted by molar-refractivity contribution is 7.99. The van der Waals surface area contributed by atoms with Crippen LogP contribution in [0.4, 0.5) is 5.69 Å². The quantitative estimate of drug-likeness (QED) is 0.672. The number of nitrogens with one attached hydrogen (secondary N) is 1. The Labute approximate surface area is 149 Å². The summed E-state index contributed by atoms with van der Waals surface area (Å²) < 4.78 is 6.70. The van der Waals surface area contributed by atoms with Crippen molar-refractivity contribution in [3.8, 4) is 5.75 Å². The zero-order valence-electron chi connectivity index (χ0n) is 13.3. The van der Waals surface area contributed by atoms with Gasteiger partial charge in [0.2, 0.25) is 5.91 Å². The fraction of sp³-hybridized carbons (Fsp3) is 0.222. The summed E-state index contributed by atoms with van der Waals surface area (Å²) in [6.07, 6.45) is 0. The molecular formula is C18H18N2O2S2. The maximum absolute atomic E-state index is 12.1. The SMILES string of the molecule is CCOc1ccccc1NC(=O)CSCc1nc2ccccc2s1. The molecule has 1 heterocycles. The van der Waals surface area contributed by atoms with Crippen molar-refractivity contribution in [1.82, 2.24) is 4.98 Å². The number of hydrogen-bond donors (Lipinski definition) is 1. The van der Waals surface area contributed by atoms with E-state index in [2.05, 4.69) is 16.4 Å². The number of hydrogen-bond acceptors (Lipinski definition) is 5. The van der Waals surface area contributed by atoms with Crippen LogP contribution in [0.15, 0.2) is 48.5 Å². The Bertz CT molecular complexity index is 800. The number of rotatable bonds is 7. The molecule has 0 fully saturated rings. The van der Waals surface area contributed by atoms with Gasteiger partial charge >= 0.3 is 0 Å². The molecule has 3 aromatic rings. The minimum Gasteiger partial charge on any atom is -0.492 e. The van der Waals surface area contributed by atoms with Crippen molar-refractivity contribution < 1.29 is 9.53 Å². The minimum atomic E-state index is -0.0340. The summed E-state index contributed by atoms with van der Waals surface area (Å²) in [5.41, 5.74) is 1.73. The molecular weight excluding hydrogens is 340 g/mol. The van der Waals surface area contributed by atoms with Crippen molar-refractivity contribution in [1.29, 1.82) is 0 Å². The minimum absolute atomic E-state index is 0.0340. The topological polar surface area (TPSA) is 51.2 Å². The molecule has 0 radical (unpaired) electrons. The molecule has 4 nitrogen and oxygen atoms in total. The van der Waals surface area contributed by atoms with Gasteiger partial charge in [0.25, 0.3) is 0 Å². The number of carbonyl (C=O) groups excluding carboxylic acids is 1. The standard InChI is InChI=1S/C18H18N2O2S2/c1-2-22-15-9-5-3-7-13(15)19-17(21)11-23-12-18-20-14-8-4-6-10-16(14)24-18/h3-10H,2,11-12H2,1H3,(H,19,21). The molecule has 124 valence electrons. The third-order valence-corrected chi connectivity index (χ3v) is 5.42. The fourth-order valence-corrected chi connectivity index (χ4v) is 4.10. The summed E-state index contributed by atoms with van der Waals surface area (Å²) in [6.45, 7) is 2.49. The molecule has 1 N–H and O–H groups in total. The van der Waals surface area contributed by atoms with Gasteiger partial charge in [-0.1, -0.05) is 24.3 Å². The third kappa shape index (κ3) is 4.27. The van der Waals surface area contributed by atoms with Gasteiger partial charge in [-0.25, -0.2) is 4.98 Å². The van der Waals surface area contributed by atoms with Crippen molar-refractivity contribution in [2.75, 3.05) is 17.7 Å². The highest BCUT2D eigenvalue weighted by Gasteiger charge is 2.09. The number of para-hydroxylation sites is 3. The first-order valence-electron chi connectivity index (χ1n) is 7.70. The molecule has 3 rings (SSSR count). The second-order valence-corrected chi connectivity index (χ2v) is 7.15. The van der Waals surface area contributed by atoms with Gasteiger partial charge in [0.15, 0.2) is 0 Å². The number of nitrogens with zero attached hydrogens (tertiary/aromatic N) is 1. The monoisotopic (exact) mass is 358 g/mol. The van der Waals surface area contributed by atoms with E-state index in [0.717, 1.165) is 16.3 Å². The molecule has 0 aliphatic rings. The zero-order valence-corrected chi connectivity index (χ0v) is 15.0. The zero-order chi connectivity index (χ0) is 16.8. The van der Waals surface area contributed by atoms with E-state index in [1.54, 1.807) is 23.1 Å². The molecule has 1 aromatic heterocycles. The van der Waals surface area contributed by atoms with Crippen LogP contribution in [0.25, 0.3) is 10.2 Å². The van der Waals surface area contributed by atoms with Gasteiger partial charge in [-0.3, -0.25) is 4.79 Å². The lowest BCUT2D eigenvalue weighted by Gasteiger charge is -2.10. The summed E-state index contributed by atoms with van der Waals surface area (Å²) in [6, 6.07) is 15.6. The molecule has 0 spiro atoms. The number of carbonyl (C=O) groups is 1. The van der Waals surface area contributed by atoms with Crippen LogP contribution in [0, 0.1) is 0 Å². The number of thiazole rings is 1. The lowest BCUT2D eigenvalue weighted by atomic mass is 10.3. The highest BCUT2D eigenvalue weighted by Crippen LogP contribution is 2.26. The van der Waals surface area contributed by atoms with Crippen LogP contribution in [0.1, 0.15) is 11.9 Å². The highest BCUT2D eigenvalue weighted by atomic mass is 32.2. The van der Waals surface area contributed by atoms with Crippen LogP contribution >= 0.6 is 23.1 Å². The average Bonchev–Trinajstić information content (AvgIpc) is 2.99. The average molecular weight is 358 g/mol. The van der Waals surface area contributed by atoms with E-state index < -0.39 is 0 Å². The molecule has 0 aliphatic carbocycles. The van der Waals surface area contributed by atoms with Crippen molar-refractivity contribution in [2.45, 2.75) is 12.7 Å². The smallest absolute Gasteiger partial charge is 0.234 e. The first kappa shape index (κ1) is 16.8. The number of amides is 1. The Balaban J connectivity index is 1.52. The predicted octanol–water partition coefficient (Wildman–Crippen LogP) is 4.57. The van der Waals surface area contributed by atoms with Gasteiger partial charge in [-0.2, -0.15) is 0 Å². The first-order chi connectivity index (χ1) is 11.8. The summed E-state index contributed by atoms with van der Waals surface area (Å²) in [7, 11) is 0. The van der Waals surface area contributed by atoms with Crippen LogP contribution in [0.2, 0.25) is 0 Å². The predicted molar refractivity (Wildman–Crippen MR) is 102 cm³/mol. The maximum atomic E-state index is 12.1. The first-order valence-corrected chi connectivity index (χ1v) is 9.67. The fourth-order valence-electron chi connectivity index (χ4n) is 2.25. The molecule has 24 heavy (non-hydrogen) atoms. The van der Waals surface area contributed by atoms with Crippen molar-refractivity contribution >= 4 is 44.9 Å². The number of aromatic nitrogens is 1. The largest absolute Gasteiger partial charge is 0.492 e. The van der Waals surface area contributed by atoms with Crippen molar-refractivity contribution in [3.05, 3.63) is 53.5 Å². The van der Waals surface area contributed by atoms with Crippen LogP contribution in [0.5, 0.6) is 5.75 Å². The van der Waals surface area contributed by atoms with E-state index in [0.29, 0.717) is 23.8 Å². The normalized spacial score (nSPS) is 10.7. The van der Waals surface area contributed by atoms with Crippen molar-refractivity contribution in [3.63, 3.8) is 0 Å². The Morgan fingerprint density at radius 1 is 1.21 bits per heavy atom. The lowest BCUT2D eigenvalue weighted by molar-refractivity contribution is -0.113. The van der Waals surface area contributed by atoms with E-state index in [-0.39, 0.29) is 5.91 Å². The molecule has 6 heteroatoms. The van der Waals surface area contributed by atoms with E-state index in [9.17, 15) is 4.79 Å². The van der Waals surface area contributed by atoms with Crippen LogP contribution in [0.3, 0.4) is 0 Å². The van der Waals surface area contributed by atoms with Gasteiger partial charge in [0.05, 0.1) is 28.3 Å². The number of anilines is 1. The van der Waals surface area contributed by atoms with E-state index in [1.807, 2.05) is 49.4 Å². The van der Waals surface area contributed by atoms with Crippen LogP contribution < -0.4 is 10.1 Å². The molecule has 0 aliphatic heterocycles. The number of ether oxygens (including phenoxy) is 1. The van der Waals surface area contributed by atoms with Gasteiger partial charge in [0, 0.05) is 5.75 Å². The van der Waals surface area contributed by atoms with Crippen LogP contribution in [-0.4, -0.2) is 23.3 Å². The maximum Gasteiger partial charge on any atom is 0.234 e. The lowest BCUT2D eigenvalue weighted by Crippen LogP contribution is -2.15. The molecule has 2 aromatic carbocycles. The van der Waals surface area contributed by atoms with Crippen molar-refractivity contribution in [2.24, 2.45) is 0 Å². The molecule has 0 bridgehead atoms. The molecule has 0 saturated heterocycles. The summed E-state index contributed by atoms with van der Waals surface area (Å²) in [5.74, 6) is 1.79. The number of benzene rings is 2. The van der Waals surface area contributed by atoms with E-state index in [4.69, 9.17) is 4.74 Å². The second-order valence-electron chi connectivity index (χ2n) is 5.05. The Hall–Kier alpha value is -2.05. The number of fused-ring (bicyclic) bond motifs is 1. The molecule has 0 saturated carbocycles. The summed E-state index contributed by atoms with van der Waals surface area (Å²) >= 11 is 3.24. The molecule has 0 unspecified atom stereocenters. The number of thioether (sulfide) groups is 1. The summed E-state index contributed by atoms with van der Waals surface area (Å²) in [4.78, 5) is 16.7. The Morgan fingerprint density at radius 2 is 2.00 bits per heavy atom. The van der Waals surface area contributed by atoms with Gasteiger partial charge in [-0.15, -0.1) is 23.1 Å².